The van der Waals surface area contributed by atoms with Crippen LogP contribution in [0.3, 0.4) is 0 Å². The summed E-state index contributed by atoms with van der Waals surface area (Å²) in [6.07, 6.45) is 1.28. The topological polar surface area (TPSA) is 52.3 Å². The maximum atomic E-state index is 10.5. The molecule has 3 heteroatoms. The van der Waals surface area contributed by atoms with Gasteiger partial charge in [0, 0.05) is 6.08 Å². The van der Waals surface area contributed by atoms with Gasteiger partial charge < -0.3 is 10.5 Å². The van der Waals surface area contributed by atoms with Gasteiger partial charge in [-0.1, -0.05) is 11.8 Å². The molecule has 0 saturated carbocycles. The third-order valence-corrected chi connectivity index (χ3v) is 0.926. The number of allylic oxidation sites excluding steroid dienone is 1. The number of carbonyl (C=O) groups is 1. The Bertz CT molecular complexity index is 307. The molecule has 0 aromatic carbocycles. The highest BCUT2D eigenvalue weighted by atomic mass is 16.5. The molecule has 0 aromatic rings. The van der Waals surface area contributed by atoms with Crippen LogP contribution in [-0.2, 0) is 9.53 Å². The summed E-state index contributed by atoms with van der Waals surface area (Å²) in [6, 6.07) is 0. The van der Waals surface area contributed by atoms with Crippen molar-refractivity contribution in [2.45, 2.75) is 6.92 Å². The number of carbonyl (C=O) groups excluding carboxylic acids is 1. The predicted molar refractivity (Wildman–Crippen MR) is 45.5 cm³/mol. The number of ether oxygens (including phenoxy) is 1. The number of methoxy groups -OCH3 is 1. The first-order valence-corrected chi connectivity index (χ1v) is 3.18. The third kappa shape index (κ3) is 4.03. The maximum Gasteiger partial charge on any atom is 0.284 e. The first-order chi connectivity index (χ1) is 5.72. The van der Waals surface area contributed by atoms with Crippen molar-refractivity contribution in [2.75, 3.05) is 7.11 Å². The van der Waals surface area contributed by atoms with Gasteiger partial charge >= 0.3 is 0 Å². The van der Waals surface area contributed by atoms with Crippen LogP contribution in [0.5, 0.6) is 0 Å². The normalized spacial score (nSPS) is 8.67. The molecule has 0 unspecified atom stereocenters. The van der Waals surface area contributed by atoms with E-state index in [1.54, 1.807) is 6.92 Å². The van der Waals surface area contributed by atoms with Crippen LogP contribution >= 0.6 is 0 Å². The summed E-state index contributed by atoms with van der Waals surface area (Å²) >= 11 is 0. The number of rotatable bonds is 2. The van der Waals surface area contributed by atoms with E-state index in [1.807, 2.05) is 0 Å². The lowest BCUT2D eigenvalue weighted by Gasteiger charge is -1.95. The second-order valence-electron chi connectivity index (χ2n) is 1.72. The molecule has 0 aliphatic carbocycles. The van der Waals surface area contributed by atoms with Gasteiger partial charge in [0.1, 0.15) is 0 Å². The lowest BCUT2D eigenvalue weighted by molar-refractivity contribution is -0.117. The zero-order valence-electron chi connectivity index (χ0n) is 6.97. The second kappa shape index (κ2) is 5.88. The number of amides is 1. The van der Waals surface area contributed by atoms with Crippen molar-refractivity contribution < 1.29 is 9.53 Å². The summed E-state index contributed by atoms with van der Waals surface area (Å²) < 4.78 is 4.63. The second-order valence-corrected chi connectivity index (χ2v) is 1.72. The van der Waals surface area contributed by atoms with Crippen molar-refractivity contribution in [3.8, 4) is 23.7 Å². The average molecular weight is 163 g/mol. The van der Waals surface area contributed by atoms with E-state index >= 15 is 0 Å². The van der Waals surface area contributed by atoms with Crippen LogP contribution < -0.4 is 5.73 Å². The molecule has 0 rings (SSSR count). The molecular formula is C9H9NO2. The molecule has 62 valence electrons. The highest BCUT2D eigenvalue weighted by Gasteiger charge is 2.00. The van der Waals surface area contributed by atoms with Crippen molar-refractivity contribution in [3.63, 3.8) is 0 Å². The smallest absolute Gasteiger partial charge is 0.284 e. The van der Waals surface area contributed by atoms with Crippen molar-refractivity contribution in [2.24, 2.45) is 5.73 Å². The fourth-order valence-electron chi connectivity index (χ4n) is 0.431. The van der Waals surface area contributed by atoms with Gasteiger partial charge in [-0.05, 0) is 18.8 Å². The van der Waals surface area contributed by atoms with Gasteiger partial charge in [-0.25, -0.2) is 0 Å². The van der Waals surface area contributed by atoms with E-state index in [0.717, 1.165) is 0 Å². The Balaban J connectivity index is 4.41. The molecule has 2 N–H and O–H groups in total. The average Bonchev–Trinajstić information content (AvgIpc) is 2.04. The van der Waals surface area contributed by atoms with Gasteiger partial charge in [0.05, 0.1) is 7.11 Å². The first kappa shape index (κ1) is 10.1. The number of nitrogens with two attached hydrogens (primary N) is 1. The Morgan fingerprint density at radius 2 is 2.17 bits per heavy atom. The quantitative estimate of drug-likeness (QED) is 0.354. The van der Waals surface area contributed by atoms with Crippen molar-refractivity contribution in [1.82, 2.24) is 0 Å². The highest BCUT2D eigenvalue weighted by molar-refractivity contribution is 5.90. The van der Waals surface area contributed by atoms with Crippen LogP contribution in [-0.4, -0.2) is 13.0 Å². The van der Waals surface area contributed by atoms with Crippen molar-refractivity contribution >= 4 is 5.91 Å². The SMILES string of the molecule is CC#CC#C/C=C(\OC)C(N)=O. The fraction of sp³-hybridized carbons (Fsp3) is 0.222. The van der Waals surface area contributed by atoms with Crippen molar-refractivity contribution in [3.05, 3.63) is 11.8 Å². The Kier molecular flexibility index (Phi) is 4.96. The van der Waals surface area contributed by atoms with Gasteiger partial charge in [0.2, 0.25) is 0 Å². The van der Waals surface area contributed by atoms with Crippen LogP contribution in [0.1, 0.15) is 6.92 Å². The van der Waals surface area contributed by atoms with Crippen LogP contribution in [0.4, 0.5) is 0 Å². The molecule has 0 heterocycles. The van der Waals surface area contributed by atoms with Gasteiger partial charge in [-0.15, -0.1) is 0 Å². The first-order valence-electron chi connectivity index (χ1n) is 3.18. The van der Waals surface area contributed by atoms with E-state index in [4.69, 9.17) is 5.73 Å². The van der Waals surface area contributed by atoms with E-state index in [-0.39, 0.29) is 5.76 Å². The largest absolute Gasteiger partial charge is 0.491 e. The molecule has 0 saturated heterocycles. The van der Waals surface area contributed by atoms with Gasteiger partial charge in [-0.2, -0.15) is 0 Å². The standard InChI is InChI=1S/C9H9NO2/c1-3-4-5-6-7-8(12-2)9(10)11/h7H,1-2H3,(H2,10,11)/b8-7-. The molecule has 3 nitrogen and oxygen atoms in total. The summed E-state index contributed by atoms with van der Waals surface area (Å²) in [4.78, 5) is 10.5. The van der Waals surface area contributed by atoms with Gasteiger partial charge in [0.15, 0.2) is 5.76 Å². The summed E-state index contributed by atoms with van der Waals surface area (Å²) in [5, 5.41) is 0. The molecule has 0 atom stereocenters. The van der Waals surface area contributed by atoms with E-state index in [2.05, 4.69) is 28.4 Å². The molecule has 1 amide bonds. The molecule has 0 aliphatic heterocycles. The van der Waals surface area contributed by atoms with Crippen LogP contribution in [0.2, 0.25) is 0 Å². The molecular weight excluding hydrogens is 154 g/mol. The monoisotopic (exact) mass is 163 g/mol. The molecule has 0 aromatic heterocycles. The van der Waals surface area contributed by atoms with Crippen LogP contribution in [0.15, 0.2) is 11.8 Å². The Labute approximate surface area is 71.6 Å². The minimum absolute atomic E-state index is 0.0282. The maximum absolute atomic E-state index is 10.5. The van der Waals surface area contributed by atoms with Crippen LogP contribution in [0.25, 0.3) is 0 Å². The van der Waals surface area contributed by atoms with Crippen LogP contribution in [0, 0.1) is 23.7 Å². The Hall–Kier alpha value is -1.87. The molecule has 0 radical (unpaired) electrons. The number of hydrogen-bond donors (Lipinski definition) is 1. The zero-order chi connectivity index (χ0) is 9.40. The number of hydrogen-bond acceptors (Lipinski definition) is 2. The lowest BCUT2D eigenvalue weighted by atomic mass is 10.4. The van der Waals surface area contributed by atoms with Gasteiger partial charge in [0.25, 0.3) is 5.91 Å². The molecule has 0 fully saturated rings. The zero-order valence-corrected chi connectivity index (χ0v) is 6.97. The van der Waals surface area contributed by atoms with E-state index in [0.29, 0.717) is 0 Å². The minimum Gasteiger partial charge on any atom is -0.491 e. The fourth-order valence-corrected chi connectivity index (χ4v) is 0.431. The molecule has 12 heavy (non-hydrogen) atoms. The van der Waals surface area contributed by atoms with Gasteiger partial charge in [-0.3, -0.25) is 4.79 Å². The summed E-state index contributed by atoms with van der Waals surface area (Å²) in [7, 11) is 1.35. The molecule has 0 spiro atoms. The molecule has 0 bridgehead atoms. The molecule has 0 aliphatic rings. The van der Waals surface area contributed by atoms with Crippen molar-refractivity contribution in [1.29, 1.82) is 0 Å². The number of primary amides is 1. The Morgan fingerprint density at radius 1 is 1.50 bits per heavy atom. The highest BCUT2D eigenvalue weighted by Crippen LogP contribution is 1.90. The minimum atomic E-state index is -0.642. The summed E-state index contributed by atoms with van der Waals surface area (Å²) in [5.41, 5.74) is 4.93. The predicted octanol–water partition coefficient (Wildman–Crippen LogP) is 0.0287. The van der Waals surface area contributed by atoms with E-state index < -0.39 is 5.91 Å². The summed E-state index contributed by atoms with van der Waals surface area (Å²) in [6.45, 7) is 1.67. The lowest BCUT2D eigenvalue weighted by Crippen LogP contribution is -2.14. The summed E-state index contributed by atoms with van der Waals surface area (Å²) in [5.74, 6) is 9.45. The Morgan fingerprint density at radius 3 is 2.58 bits per heavy atom. The van der Waals surface area contributed by atoms with E-state index in [9.17, 15) is 4.79 Å². The third-order valence-electron chi connectivity index (χ3n) is 0.926. The van der Waals surface area contributed by atoms with E-state index in [1.165, 1.54) is 13.2 Å².